The Labute approximate surface area is 153 Å². The monoisotopic (exact) mass is 359 g/mol. The fourth-order valence-corrected chi connectivity index (χ4v) is 2.50. The number of ether oxygens (including phenoxy) is 4. The predicted molar refractivity (Wildman–Crippen MR) is 98.6 cm³/mol. The number of benzene rings is 2. The molecule has 0 saturated carbocycles. The van der Waals surface area contributed by atoms with Gasteiger partial charge in [-0.2, -0.15) is 0 Å². The van der Waals surface area contributed by atoms with Crippen molar-refractivity contribution in [1.29, 1.82) is 0 Å². The minimum absolute atomic E-state index is 0.267. The molecule has 26 heavy (non-hydrogen) atoms. The molecule has 2 rings (SSSR count). The highest BCUT2D eigenvalue weighted by atomic mass is 16.5. The third-order valence-corrected chi connectivity index (χ3v) is 3.83. The van der Waals surface area contributed by atoms with Crippen LogP contribution in [-0.4, -0.2) is 32.8 Å². The summed E-state index contributed by atoms with van der Waals surface area (Å²) in [6.07, 6.45) is 0.267. The molecule has 2 N–H and O–H groups in total. The summed E-state index contributed by atoms with van der Waals surface area (Å²) in [6, 6.07) is 12.5. The predicted octanol–water partition coefficient (Wildman–Crippen LogP) is 2.72. The molecule has 0 fully saturated rings. The largest absolute Gasteiger partial charge is 0.493 e. The Morgan fingerprint density at radius 1 is 1.04 bits per heavy atom. The van der Waals surface area contributed by atoms with E-state index in [0.717, 1.165) is 11.1 Å². The van der Waals surface area contributed by atoms with Crippen LogP contribution in [-0.2, 0) is 22.6 Å². The Bertz CT molecular complexity index is 718. The van der Waals surface area contributed by atoms with E-state index in [4.69, 9.17) is 24.7 Å². The van der Waals surface area contributed by atoms with Crippen molar-refractivity contribution in [2.75, 3.05) is 20.8 Å². The van der Waals surface area contributed by atoms with Gasteiger partial charge < -0.3 is 24.7 Å². The maximum absolute atomic E-state index is 11.9. The maximum Gasteiger partial charge on any atom is 0.323 e. The van der Waals surface area contributed by atoms with Crippen LogP contribution in [0.4, 0.5) is 0 Å². The van der Waals surface area contributed by atoms with Crippen LogP contribution in [0.2, 0.25) is 0 Å². The molecule has 6 heteroatoms. The van der Waals surface area contributed by atoms with E-state index in [1.165, 1.54) is 0 Å². The molecule has 2 aromatic rings. The SMILES string of the molecule is CCOC(=O)C(N)Cc1cc(OC)c(OC)cc1OCc1ccccc1. The summed E-state index contributed by atoms with van der Waals surface area (Å²) in [6.45, 7) is 2.42. The molecule has 0 amide bonds. The molecule has 1 unspecified atom stereocenters. The molecule has 0 heterocycles. The van der Waals surface area contributed by atoms with E-state index in [1.54, 1.807) is 33.3 Å². The van der Waals surface area contributed by atoms with Gasteiger partial charge in [0.1, 0.15) is 18.4 Å². The summed E-state index contributed by atoms with van der Waals surface area (Å²) in [5.41, 5.74) is 7.75. The number of nitrogens with two attached hydrogens (primary N) is 1. The Balaban J connectivity index is 2.26. The fraction of sp³-hybridized carbons (Fsp3) is 0.350. The normalized spacial score (nSPS) is 11.5. The summed E-state index contributed by atoms with van der Waals surface area (Å²) in [7, 11) is 3.11. The first-order valence-corrected chi connectivity index (χ1v) is 8.42. The molecule has 0 aliphatic heterocycles. The van der Waals surface area contributed by atoms with E-state index in [-0.39, 0.29) is 13.0 Å². The number of hydrogen-bond donors (Lipinski definition) is 1. The van der Waals surface area contributed by atoms with Gasteiger partial charge in [0, 0.05) is 18.1 Å². The smallest absolute Gasteiger partial charge is 0.323 e. The van der Waals surface area contributed by atoms with Gasteiger partial charge in [0.15, 0.2) is 11.5 Å². The van der Waals surface area contributed by atoms with Gasteiger partial charge in [-0.15, -0.1) is 0 Å². The van der Waals surface area contributed by atoms with Gasteiger partial charge in [-0.25, -0.2) is 0 Å². The molecular weight excluding hydrogens is 334 g/mol. The summed E-state index contributed by atoms with van der Waals surface area (Å²) in [4.78, 5) is 11.9. The first-order valence-electron chi connectivity index (χ1n) is 8.42. The molecule has 0 radical (unpaired) electrons. The van der Waals surface area contributed by atoms with Crippen molar-refractivity contribution >= 4 is 5.97 Å². The van der Waals surface area contributed by atoms with E-state index in [1.807, 2.05) is 30.3 Å². The van der Waals surface area contributed by atoms with Gasteiger partial charge in [-0.3, -0.25) is 4.79 Å². The Kier molecular flexibility index (Phi) is 7.29. The Morgan fingerprint density at radius 2 is 1.69 bits per heavy atom. The lowest BCUT2D eigenvalue weighted by atomic mass is 10.0. The van der Waals surface area contributed by atoms with Crippen LogP contribution in [0.25, 0.3) is 0 Å². The number of esters is 1. The quantitative estimate of drug-likeness (QED) is 0.694. The van der Waals surface area contributed by atoms with Crippen LogP contribution in [0.1, 0.15) is 18.1 Å². The summed E-state index contributed by atoms with van der Waals surface area (Å²) in [5.74, 6) is 1.23. The summed E-state index contributed by atoms with van der Waals surface area (Å²) in [5, 5.41) is 0. The van der Waals surface area contributed by atoms with Crippen LogP contribution in [0.15, 0.2) is 42.5 Å². The summed E-state index contributed by atoms with van der Waals surface area (Å²) >= 11 is 0. The lowest BCUT2D eigenvalue weighted by Crippen LogP contribution is -2.34. The van der Waals surface area contributed by atoms with Crippen molar-refractivity contribution in [1.82, 2.24) is 0 Å². The molecule has 0 saturated heterocycles. The number of rotatable bonds is 9. The van der Waals surface area contributed by atoms with Crippen molar-refractivity contribution in [3.05, 3.63) is 53.6 Å². The second-order valence-corrected chi connectivity index (χ2v) is 5.65. The van der Waals surface area contributed by atoms with Crippen molar-refractivity contribution in [3.8, 4) is 17.2 Å². The number of hydrogen-bond acceptors (Lipinski definition) is 6. The zero-order valence-corrected chi connectivity index (χ0v) is 15.4. The molecule has 0 aliphatic rings. The van der Waals surface area contributed by atoms with Gasteiger partial charge in [-0.05, 0) is 18.6 Å². The van der Waals surface area contributed by atoms with Crippen molar-refractivity contribution in [2.45, 2.75) is 26.0 Å². The lowest BCUT2D eigenvalue weighted by Gasteiger charge is -2.18. The fourth-order valence-electron chi connectivity index (χ4n) is 2.50. The second-order valence-electron chi connectivity index (χ2n) is 5.65. The van der Waals surface area contributed by atoms with Crippen LogP contribution in [0.5, 0.6) is 17.2 Å². The number of methoxy groups -OCH3 is 2. The molecule has 0 aliphatic carbocycles. The van der Waals surface area contributed by atoms with Crippen molar-refractivity contribution < 1.29 is 23.7 Å². The molecule has 0 bridgehead atoms. The zero-order chi connectivity index (χ0) is 18.9. The highest BCUT2D eigenvalue weighted by Crippen LogP contribution is 2.35. The topological polar surface area (TPSA) is 80.0 Å². The third kappa shape index (κ3) is 5.13. The van der Waals surface area contributed by atoms with E-state index in [9.17, 15) is 4.79 Å². The lowest BCUT2D eigenvalue weighted by molar-refractivity contribution is -0.144. The van der Waals surface area contributed by atoms with Crippen LogP contribution in [0.3, 0.4) is 0 Å². The van der Waals surface area contributed by atoms with Gasteiger partial charge in [0.2, 0.25) is 0 Å². The molecule has 1 atom stereocenters. The van der Waals surface area contributed by atoms with Gasteiger partial charge in [0.25, 0.3) is 0 Å². The third-order valence-electron chi connectivity index (χ3n) is 3.83. The minimum Gasteiger partial charge on any atom is -0.493 e. The van der Waals surface area contributed by atoms with Gasteiger partial charge in [-0.1, -0.05) is 30.3 Å². The maximum atomic E-state index is 11.9. The average molecular weight is 359 g/mol. The van der Waals surface area contributed by atoms with Crippen molar-refractivity contribution in [2.24, 2.45) is 5.73 Å². The molecule has 0 spiro atoms. The van der Waals surface area contributed by atoms with Crippen LogP contribution in [0, 0.1) is 0 Å². The number of carbonyl (C=O) groups is 1. The van der Waals surface area contributed by atoms with E-state index >= 15 is 0 Å². The second kappa shape index (κ2) is 9.68. The number of carbonyl (C=O) groups excluding carboxylic acids is 1. The highest BCUT2D eigenvalue weighted by molar-refractivity contribution is 5.76. The van der Waals surface area contributed by atoms with E-state index < -0.39 is 12.0 Å². The van der Waals surface area contributed by atoms with Crippen LogP contribution >= 0.6 is 0 Å². The molecule has 6 nitrogen and oxygen atoms in total. The van der Waals surface area contributed by atoms with Gasteiger partial charge >= 0.3 is 5.97 Å². The molecule has 0 aromatic heterocycles. The Morgan fingerprint density at radius 3 is 2.31 bits per heavy atom. The minimum atomic E-state index is -0.785. The van der Waals surface area contributed by atoms with E-state index in [0.29, 0.717) is 23.9 Å². The molecule has 140 valence electrons. The summed E-state index contributed by atoms with van der Waals surface area (Å²) < 4.78 is 21.6. The van der Waals surface area contributed by atoms with E-state index in [2.05, 4.69) is 0 Å². The van der Waals surface area contributed by atoms with Crippen molar-refractivity contribution in [3.63, 3.8) is 0 Å². The van der Waals surface area contributed by atoms with Crippen LogP contribution < -0.4 is 19.9 Å². The highest BCUT2D eigenvalue weighted by Gasteiger charge is 2.20. The van der Waals surface area contributed by atoms with Gasteiger partial charge in [0.05, 0.1) is 20.8 Å². The Hall–Kier alpha value is -2.73. The molecule has 2 aromatic carbocycles. The molecular formula is C20H25NO5. The zero-order valence-electron chi connectivity index (χ0n) is 15.4. The first-order chi connectivity index (χ1) is 12.6. The standard InChI is InChI=1S/C20H25NO5/c1-4-25-20(22)16(21)10-15-11-18(23-2)19(24-3)12-17(15)26-13-14-8-6-5-7-9-14/h5-9,11-12,16H,4,10,13,21H2,1-3H3. The first kappa shape index (κ1) is 19.6. The average Bonchev–Trinajstić information content (AvgIpc) is 2.67.